The summed E-state index contributed by atoms with van der Waals surface area (Å²) in [5, 5.41) is 7.30. The molecule has 0 atom stereocenters. The normalized spacial score (nSPS) is 15.2. The van der Waals surface area contributed by atoms with Crippen molar-refractivity contribution in [2.75, 3.05) is 45.2 Å². The molecule has 0 unspecified atom stereocenters. The van der Waals surface area contributed by atoms with Gasteiger partial charge in [-0.05, 0) is 0 Å². The summed E-state index contributed by atoms with van der Waals surface area (Å²) in [5.41, 5.74) is 0.587. The van der Waals surface area contributed by atoms with Crippen molar-refractivity contribution >= 4 is 11.6 Å². The van der Waals surface area contributed by atoms with Crippen LogP contribution in [-0.4, -0.2) is 60.9 Å². The van der Waals surface area contributed by atoms with E-state index >= 15 is 0 Å². The van der Waals surface area contributed by atoms with Crippen molar-refractivity contribution in [1.29, 1.82) is 0 Å². The van der Waals surface area contributed by atoms with Gasteiger partial charge in [0.2, 0.25) is 5.91 Å². The van der Waals surface area contributed by atoms with E-state index in [1.165, 1.54) is 10.7 Å². The summed E-state index contributed by atoms with van der Waals surface area (Å²) in [6.07, 6.45) is 1.95. The molecule has 0 spiro atoms. The molecule has 7 nitrogen and oxygen atoms in total. The van der Waals surface area contributed by atoms with Crippen LogP contribution in [0.3, 0.4) is 0 Å². The van der Waals surface area contributed by atoms with Gasteiger partial charge in [0, 0.05) is 52.8 Å². The number of piperazine rings is 1. The Hall–Kier alpha value is -1.89. The van der Waals surface area contributed by atoms with Crippen molar-refractivity contribution in [2.45, 2.75) is 13.0 Å². The second-order valence-corrected chi connectivity index (χ2v) is 5.05. The maximum atomic E-state index is 12.0. The van der Waals surface area contributed by atoms with E-state index in [9.17, 15) is 9.59 Å². The van der Waals surface area contributed by atoms with E-state index in [2.05, 4.69) is 10.4 Å². The molecule has 1 fully saturated rings. The summed E-state index contributed by atoms with van der Waals surface area (Å²) in [6, 6.07) is 1.53. The van der Waals surface area contributed by atoms with Gasteiger partial charge in [-0.25, -0.2) is 4.68 Å². The topological polar surface area (TPSA) is 70.5 Å². The number of rotatable bonds is 4. The Kier molecular flexibility index (Phi) is 4.73. The highest BCUT2D eigenvalue weighted by Gasteiger charge is 2.16. The zero-order chi connectivity index (χ0) is 14.5. The first kappa shape index (κ1) is 14.5. The van der Waals surface area contributed by atoms with Gasteiger partial charge in [-0.15, -0.1) is 0 Å². The molecule has 1 N–H and O–H groups in total. The number of nitrogens with zero attached hydrogens (tertiary/aromatic N) is 4. The molecule has 1 saturated heterocycles. The van der Waals surface area contributed by atoms with Crippen molar-refractivity contribution < 1.29 is 4.79 Å². The molecule has 1 aliphatic heterocycles. The Bertz CT molecular complexity index is 520. The maximum Gasteiger partial charge on any atom is 0.268 e. The van der Waals surface area contributed by atoms with Crippen LogP contribution in [0.15, 0.2) is 17.1 Å². The highest BCUT2D eigenvalue weighted by Crippen LogP contribution is 2.04. The van der Waals surface area contributed by atoms with Crippen LogP contribution >= 0.6 is 0 Å². The Morgan fingerprint density at radius 2 is 2.10 bits per heavy atom. The van der Waals surface area contributed by atoms with Gasteiger partial charge in [0.25, 0.3) is 5.56 Å². The minimum atomic E-state index is -0.177. The lowest BCUT2D eigenvalue weighted by atomic mass is 10.3. The third-order valence-corrected chi connectivity index (χ3v) is 3.38. The molecule has 2 heterocycles. The van der Waals surface area contributed by atoms with Gasteiger partial charge in [-0.1, -0.05) is 0 Å². The number of nitrogens with one attached hydrogen (secondary N) is 1. The minimum absolute atomic E-state index is 0.0805. The average molecular weight is 279 g/mol. The molecule has 7 heteroatoms. The van der Waals surface area contributed by atoms with E-state index in [0.29, 0.717) is 13.0 Å². The zero-order valence-electron chi connectivity index (χ0n) is 12.0. The molecule has 0 radical (unpaired) electrons. The van der Waals surface area contributed by atoms with Crippen molar-refractivity contribution in [3.63, 3.8) is 0 Å². The lowest BCUT2D eigenvalue weighted by molar-refractivity contribution is -0.132. The minimum Gasteiger partial charge on any atom is -0.376 e. The van der Waals surface area contributed by atoms with Gasteiger partial charge in [-0.3, -0.25) is 9.59 Å². The van der Waals surface area contributed by atoms with Gasteiger partial charge in [0.15, 0.2) is 0 Å². The summed E-state index contributed by atoms with van der Waals surface area (Å²) < 4.78 is 1.34. The number of amides is 1. The number of hydrogen-bond donors (Lipinski definition) is 1. The summed E-state index contributed by atoms with van der Waals surface area (Å²) >= 11 is 0. The number of anilines is 1. The highest BCUT2D eigenvalue weighted by atomic mass is 16.2. The Morgan fingerprint density at radius 1 is 1.40 bits per heavy atom. The fourth-order valence-electron chi connectivity index (χ4n) is 2.11. The monoisotopic (exact) mass is 279 g/mol. The molecule has 1 amide bonds. The van der Waals surface area contributed by atoms with Crippen molar-refractivity contribution in [1.82, 2.24) is 20.0 Å². The van der Waals surface area contributed by atoms with E-state index in [0.717, 1.165) is 31.9 Å². The quantitative estimate of drug-likeness (QED) is 0.776. The van der Waals surface area contributed by atoms with Crippen LogP contribution in [0.4, 0.5) is 5.69 Å². The third kappa shape index (κ3) is 3.57. The maximum absolute atomic E-state index is 12.0. The molecule has 20 heavy (non-hydrogen) atoms. The molecule has 0 aromatic carbocycles. The predicted octanol–water partition coefficient (Wildman–Crippen LogP) is -0.869. The zero-order valence-corrected chi connectivity index (χ0v) is 12.0. The van der Waals surface area contributed by atoms with Crippen LogP contribution in [0.2, 0.25) is 0 Å². The first-order valence-electron chi connectivity index (χ1n) is 6.81. The van der Waals surface area contributed by atoms with Crippen LogP contribution < -0.4 is 15.8 Å². The number of carbonyl (C=O) groups excluding carboxylic acids is 1. The summed E-state index contributed by atoms with van der Waals surface area (Å²) in [5.74, 6) is 0.0805. The summed E-state index contributed by atoms with van der Waals surface area (Å²) in [7, 11) is 3.71. The molecule has 2 rings (SSSR count). The van der Waals surface area contributed by atoms with Crippen molar-refractivity contribution in [2.24, 2.45) is 0 Å². The van der Waals surface area contributed by atoms with Crippen LogP contribution in [-0.2, 0) is 11.3 Å². The van der Waals surface area contributed by atoms with Crippen LogP contribution in [0.5, 0.6) is 0 Å². The van der Waals surface area contributed by atoms with Crippen LogP contribution in [0, 0.1) is 0 Å². The van der Waals surface area contributed by atoms with E-state index in [1.54, 1.807) is 6.20 Å². The van der Waals surface area contributed by atoms with Crippen LogP contribution in [0.1, 0.15) is 6.42 Å². The van der Waals surface area contributed by atoms with E-state index in [-0.39, 0.29) is 11.5 Å². The lowest BCUT2D eigenvalue weighted by Gasteiger charge is -2.27. The lowest BCUT2D eigenvalue weighted by Crippen LogP contribution is -2.46. The Labute approximate surface area is 118 Å². The van der Waals surface area contributed by atoms with Crippen molar-refractivity contribution in [3.05, 3.63) is 22.6 Å². The number of hydrogen-bond acceptors (Lipinski definition) is 5. The fourth-order valence-corrected chi connectivity index (χ4v) is 2.11. The smallest absolute Gasteiger partial charge is 0.268 e. The van der Waals surface area contributed by atoms with E-state index < -0.39 is 0 Å². The highest BCUT2D eigenvalue weighted by molar-refractivity contribution is 5.76. The van der Waals surface area contributed by atoms with Gasteiger partial charge < -0.3 is 15.1 Å². The van der Waals surface area contributed by atoms with Gasteiger partial charge >= 0.3 is 0 Å². The van der Waals surface area contributed by atoms with Crippen molar-refractivity contribution in [3.8, 4) is 0 Å². The average Bonchev–Trinajstić information content (AvgIpc) is 2.46. The molecule has 1 aliphatic rings. The van der Waals surface area contributed by atoms with Crippen LogP contribution in [0.25, 0.3) is 0 Å². The summed E-state index contributed by atoms with van der Waals surface area (Å²) in [6.45, 7) is 3.47. The Morgan fingerprint density at radius 3 is 2.70 bits per heavy atom. The van der Waals surface area contributed by atoms with Gasteiger partial charge in [0.1, 0.15) is 0 Å². The molecule has 0 aliphatic carbocycles. The largest absolute Gasteiger partial charge is 0.376 e. The SMILES string of the molecule is CN(C)c1cnn(CCC(=O)N2CCNCC2)c(=O)c1. The molecule has 110 valence electrons. The first-order valence-corrected chi connectivity index (χ1v) is 6.81. The van der Waals surface area contributed by atoms with E-state index in [1.807, 2.05) is 23.9 Å². The predicted molar refractivity (Wildman–Crippen MR) is 76.9 cm³/mol. The summed E-state index contributed by atoms with van der Waals surface area (Å²) in [4.78, 5) is 27.5. The van der Waals surface area contributed by atoms with E-state index in [4.69, 9.17) is 0 Å². The molecule has 1 aromatic rings. The second-order valence-electron chi connectivity index (χ2n) is 5.05. The number of aromatic nitrogens is 2. The van der Waals surface area contributed by atoms with Gasteiger partial charge in [0.05, 0.1) is 18.4 Å². The standard InChI is InChI=1S/C13H21N5O2/c1-16(2)11-9-13(20)18(15-10-11)6-3-12(19)17-7-4-14-5-8-17/h9-10,14H,3-8H2,1-2H3. The molecule has 1 aromatic heterocycles. The molecular weight excluding hydrogens is 258 g/mol. The molecule has 0 saturated carbocycles. The fraction of sp³-hybridized carbons (Fsp3) is 0.615. The number of aryl methyl sites for hydroxylation is 1. The van der Waals surface area contributed by atoms with Gasteiger partial charge in [-0.2, -0.15) is 5.10 Å². The molecular formula is C13H21N5O2. The second kappa shape index (κ2) is 6.51. The Balaban J connectivity index is 1.93. The number of carbonyl (C=O) groups is 1. The molecule has 0 bridgehead atoms. The third-order valence-electron chi connectivity index (χ3n) is 3.38. The first-order chi connectivity index (χ1) is 9.58.